The van der Waals surface area contributed by atoms with Gasteiger partial charge in [0, 0.05) is 24.8 Å². The number of ether oxygens (including phenoxy) is 1. The van der Waals surface area contributed by atoms with Gasteiger partial charge in [0.1, 0.15) is 11.6 Å². The van der Waals surface area contributed by atoms with Crippen molar-refractivity contribution in [1.29, 1.82) is 0 Å². The third kappa shape index (κ3) is 3.18. The standard InChI is InChI=1S/C16H20N4OS/c1-19-10-13-8-17-16(22-3)18-15(13)20(11-19)9-12-4-6-14(21-2)7-5-12/h4-8H,9-11H2,1-3H3. The molecule has 0 bridgehead atoms. The SMILES string of the molecule is COc1ccc(CN2CN(C)Cc3cnc(SC)nc32)cc1. The van der Waals surface area contributed by atoms with Crippen LogP contribution in [0.25, 0.3) is 0 Å². The third-order valence-corrected chi connectivity index (χ3v) is 4.25. The van der Waals surface area contributed by atoms with Crippen molar-refractivity contribution in [2.45, 2.75) is 18.2 Å². The Bertz CT molecular complexity index is 647. The van der Waals surface area contributed by atoms with Crippen LogP contribution in [0.1, 0.15) is 11.1 Å². The Morgan fingerprint density at radius 1 is 1.27 bits per heavy atom. The summed E-state index contributed by atoms with van der Waals surface area (Å²) in [7, 11) is 3.80. The Morgan fingerprint density at radius 3 is 2.73 bits per heavy atom. The monoisotopic (exact) mass is 316 g/mol. The van der Waals surface area contributed by atoms with Gasteiger partial charge in [0.25, 0.3) is 0 Å². The first kappa shape index (κ1) is 15.1. The molecule has 0 N–H and O–H groups in total. The summed E-state index contributed by atoms with van der Waals surface area (Å²) in [5.41, 5.74) is 2.42. The van der Waals surface area contributed by atoms with Gasteiger partial charge in [0.2, 0.25) is 0 Å². The van der Waals surface area contributed by atoms with Crippen molar-refractivity contribution >= 4 is 17.6 Å². The highest BCUT2D eigenvalue weighted by molar-refractivity contribution is 7.98. The lowest BCUT2D eigenvalue weighted by Gasteiger charge is -2.35. The van der Waals surface area contributed by atoms with Crippen molar-refractivity contribution in [2.75, 3.05) is 32.0 Å². The minimum atomic E-state index is 0.822. The number of hydrogen-bond acceptors (Lipinski definition) is 6. The topological polar surface area (TPSA) is 41.5 Å². The van der Waals surface area contributed by atoms with Crippen LogP contribution < -0.4 is 9.64 Å². The van der Waals surface area contributed by atoms with Gasteiger partial charge >= 0.3 is 0 Å². The second-order valence-corrected chi connectivity index (χ2v) is 6.18. The van der Waals surface area contributed by atoms with Crippen molar-refractivity contribution < 1.29 is 4.74 Å². The average Bonchev–Trinajstić information content (AvgIpc) is 2.55. The van der Waals surface area contributed by atoms with E-state index in [9.17, 15) is 0 Å². The van der Waals surface area contributed by atoms with Crippen LogP contribution in [0.15, 0.2) is 35.6 Å². The molecule has 0 saturated carbocycles. The van der Waals surface area contributed by atoms with E-state index in [1.54, 1.807) is 18.9 Å². The van der Waals surface area contributed by atoms with Crippen LogP contribution in [0.2, 0.25) is 0 Å². The number of nitrogens with zero attached hydrogens (tertiary/aromatic N) is 4. The van der Waals surface area contributed by atoms with E-state index in [4.69, 9.17) is 9.72 Å². The zero-order valence-corrected chi connectivity index (χ0v) is 13.9. The van der Waals surface area contributed by atoms with E-state index in [1.165, 1.54) is 11.1 Å². The number of aromatic nitrogens is 2. The molecule has 1 aliphatic heterocycles. The van der Waals surface area contributed by atoms with Crippen molar-refractivity contribution in [1.82, 2.24) is 14.9 Å². The molecule has 0 fully saturated rings. The van der Waals surface area contributed by atoms with Crippen LogP contribution >= 0.6 is 11.8 Å². The molecule has 0 spiro atoms. The fraction of sp³-hybridized carbons (Fsp3) is 0.375. The van der Waals surface area contributed by atoms with E-state index in [-0.39, 0.29) is 0 Å². The first-order chi connectivity index (χ1) is 10.7. The fourth-order valence-electron chi connectivity index (χ4n) is 2.64. The summed E-state index contributed by atoms with van der Waals surface area (Å²) in [5.74, 6) is 1.93. The highest BCUT2D eigenvalue weighted by atomic mass is 32.2. The van der Waals surface area contributed by atoms with Crippen LogP contribution in [0, 0.1) is 0 Å². The normalized spacial score (nSPS) is 14.8. The number of rotatable bonds is 4. The van der Waals surface area contributed by atoms with E-state index in [0.717, 1.165) is 36.5 Å². The number of thioether (sulfide) groups is 1. The molecule has 0 atom stereocenters. The molecule has 0 aliphatic carbocycles. The second-order valence-electron chi connectivity index (χ2n) is 5.41. The molecule has 0 amide bonds. The molecule has 0 saturated heterocycles. The van der Waals surface area contributed by atoms with Gasteiger partial charge in [-0.15, -0.1) is 0 Å². The molecule has 1 aliphatic rings. The van der Waals surface area contributed by atoms with Crippen molar-refractivity contribution in [2.24, 2.45) is 0 Å². The Hall–Kier alpha value is -1.79. The van der Waals surface area contributed by atoms with Gasteiger partial charge in [-0.1, -0.05) is 23.9 Å². The van der Waals surface area contributed by atoms with Gasteiger partial charge in [-0.25, -0.2) is 9.97 Å². The van der Waals surface area contributed by atoms with Crippen LogP contribution in [-0.4, -0.2) is 41.9 Å². The summed E-state index contributed by atoms with van der Waals surface area (Å²) in [6.07, 6.45) is 3.95. The highest BCUT2D eigenvalue weighted by Gasteiger charge is 2.22. The molecule has 2 heterocycles. The molecular formula is C16H20N4OS. The second kappa shape index (κ2) is 6.54. The molecule has 0 unspecified atom stereocenters. The van der Waals surface area contributed by atoms with E-state index in [0.29, 0.717) is 0 Å². The molecule has 1 aromatic carbocycles. The molecule has 0 radical (unpaired) electrons. The minimum absolute atomic E-state index is 0.822. The summed E-state index contributed by atoms with van der Waals surface area (Å²) in [5, 5.41) is 0.822. The first-order valence-electron chi connectivity index (χ1n) is 7.16. The van der Waals surface area contributed by atoms with Crippen LogP contribution in [0.4, 0.5) is 5.82 Å². The Kier molecular flexibility index (Phi) is 4.49. The van der Waals surface area contributed by atoms with E-state index in [1.807, 2.05) is 24.6 Å². The number of anilines is 1. The lowest BCUT2D eigenvalue weighted by atomic mass is 10.1. The Balaban J connectivity index is 1.87. The summed E-state index contributed by atoms with van der Waals surface area (Å²) >= 11 is 1.58. The van der Waals surface area contributed by atoms with Gasteiger partial charge in [-0.05, 0) is 31.0 Å². The van der Waals surface area contributed by atoms with Crippen molar-refractivity contribution in [3.63, 3.8) is 0 Å². The maximum absolute atomic E-state index is 5.22. The lowest BCUT2D eigenvalue weighted by Crippen LogP contribution is -2.40. The Labute approximate surface area is 135 Å². The zero-order valence-electron chi connectivity index (χ0n) is 13.1. The molecule has 22 heavy (non-hydrogen) atoms. The summed E-state index contributed by atoms with van der Waals surface area (Å²) < 4.78 is 5.22. The van der Waals surface area contributed by atoms with Gasteiger partial charge in [0.15, 0.2) is 5.16 Å². The zero-order chi connectivity index (χ0) is 15.5. The van der Waals surface area contributed by atoms with Crippen molar-refractivity contribution in [3.8, 4) is 5.75 Å². The third-order valence-electron chi connectivity index (χ3n) is 3.69. The molecule has 1 aromatic heterocycles. The van der Waals surface area contributed by atoms with Gasteiger partial charge in [-0.2, -0.15) is 0 Å². The quantitative estimate of drug-likeness (QED) is 0.638. The van der Waals surface area contributed by atoms with E-state index >= 15 is 0 Å². The van der Waals surface area contributed by atoms with E-state index in [2.05, 4.69) is 34.0 Å². The molecule has 116 valence electrons. The highest BCUT2D eigenvalue weighted by Crippen LogP contribution is 2.27. The number of fused-ring (bicyclic) bond motifs is 1. The first-order valence-corrected chi connectivity index (χ1v) is 8.38. The van der Waals surface area contributed by atoms with Gasteiger partial charge in [-0.3, -0.25) is 4.90 Å². The summed E-state index contributed by atoms with van der Waals surface area (Å²) in [6, 6.07) is 8.20. The average molecular weight is 316 g/mol. The predicted molar refractivity (Wildman–Crippen MR) is 89.3 cm³/mol. The molecule has 2 aromatic rings. The minimum Gasteiger partial charge on any atom is -0.497 e. The van der Waals surface area contributed by atoms with Gasteiger partial charge in [0.05, 0.1) is 13.8 Å². The molecule has 3 rings (SSSR count). The summed E-state index contributed by atoms with van der Waals surface area (Å²) in [4.78, 5) is 13.7. The predicted octanol–water partition coefficient (Wildman–Crippen LogP) is 2.62. The lowest BCUT2D eigenvalue weighted by molar-refractivity contribution is 0.303. The largest absolute Gasteiger partial charge is 0.497 e. The van der Waals surface area contributed by atoms with Gasteiger partial charge < -0.3 is 9.64 Å². The maximum atomic E-state index is 5.22. The molecule has 5 nitrogen and oxygen atoms in total. The van der Waals surface area contributed by atoms with Crippen molar-refractivity contribution in [3.05, 3.63) is 41.6 Å². The maximum Gasteiger partial charge on any atom is 0.189 e. The Morgan fingerprint density at radius 2 is 2.05 bits per heavy atom. The number of hydrogen-bond donors (Lipinski definition) is 0. The van der Waals surface area contributed by atoms with E-state index < -0.39 is 0 Å². The summed E-state index contributed by atoms with van der Waals surface area (Å²) in [6.45, 7) is 2.58. The van der Waals surface area contributed by atoms with Crippen LogP contribution in [0.5, 0.6) is 5.75 Å². The number of benzene rings is 1. The molecular weight excluding hydrogens is 296 g/mol. The fourth-order valence-corrected chi connectivity index (χ4v) is 2.98. The van der Waals surface area contributed by atoms with Crippen LogP contribution in [-0.2, 0) is 13.1 Å². The van der Waals surface area contributed by atoms with Crippen LogP contribution in [0.3, 0.4) is 0 Å². The smallest absolute Gasteiger partial charge is 0.189 e. The number of methoxy groups -OCH3 is 1. The molecule has 6 heteroatoms.